The lowest BCUT2D eigenvalue weighted by Crippen LogP contribution is -2.16. The Labute approximate surface area is 118 Å². The molecule has 1 aliphatic rings. The second-order valence-electron chi connectivity index (χ2n) is 5.21. The lowest BCUT2D eigenvalue weighted by atomic mass is 9.81. The molecule has 102 valence electrons. The van der Waals surface area contributed by atoms with Crippen LogP contribution < -0.4 is 0 Å². The molecule has 0 atom stereocenters. The van der Waals surface area contributed by atoms with Crippen LogP contribution in [0.1, 0.15) is 51.3 Å². The number of aryl methyl sites for hydroxylation is 1. The molecule has 0 unspecified atom stereocenters. The monoisotopic (exact) mass is 254 g/mol. The van der Waals surface area contributed by atoms with Gasteiger partial charge in [-0.25, -0.2) is 0 Å². The minimum Gasteiger partial charge on any atom is -0.0987 e. The van der Waals surface area contributed by atoms with Gasteiger partial charge in [0.05, 0.1) is 0 Å². The second-order valence-corrected chi connectivity index (χ2v) is 5.21. The number of hydrogen-bond donors (Lipinski definition) is 0. The van der Waals surface area contributed by atoms with E-state index >= 15 is 0 Å². The first kappa shape index (κ1) is 15.5. The molecule has 2 rings (SSSR count). The smallest absolute Gasteiger partial charge is 0.0158 e. The predicted molar refractivity (Wildman–Crippen MR) is 87.5 cm³/mol. The Bertz CT molecular complexity index is 525. The maximum atomic E-state index is 3.98. The minimum absolute atomic E-state index is 0.0674. The van der Waals surface area contributed by atoms with Crippen LogP contribution >= 0.6 is 0 Å². The molecule has 0 aromatic heterocycles. The highest BCUT2D eigenvalue weighted by Crippen LogP contribution is 2.47. The zero-order valence-electron chi connectivity index (χ0n) is 13.2. The highest BCUT2D eigenvalue weighted by molar-refractivity contribution is 5.87. The number of allylic oxidation sites excluding steroid dienone is 5. The average Bonchev–Trinajstić information content (AvgIpc) is 2.60. The zero-order chi connectivity index (χ0) is 14.6. The molecule has 1 aliphatic carbocycles. The number of rotatable bonds is 2. The van der Waals surface area contributed by atoms with E-state index in [0.29, 0.717) is 0 Å². The van der Waals surface area contributed by atoms with E-state index in [4.69, 9.17) is 0 Å². The van der Waals surface area contributed by atoms with Crippen molar-refractivity contribution >= 4 is 5.57 Å². The summed E-state index contributed by atoms with van der Waals surface area (Å²) in [6.45, 7) is 16.8. The fourth-order valence-corrected chi connectivity index (χ4v) is 2.75. The van der Waals surface area contributed by atoms with Gasteiger partial charge in [-0.05, 0) is 36.1 Å². The van der Waals surface area contributed by atoms with Crippen LogP contribution in [0.5, 0.6) is 0 Å². The predicted octanol–water partition coefficient (Wildman–Crippen LogP) is 5.83. The molecule has 1 aromatic rings. The van der Waals surface area contributed by atoms with Crippen molar-refractivity contribution in [3.63, 3.8) is 0 Å². The summed E-state index contributed by atoms with van der Waals surface area (Å²) in [5.41, 5.74) is 6.81. The van der Waals surface area contributed by atoms with Gasteiger partial charge in [-0.2, -0.15) is 0 Å². The molecule has 0 bridgehead atoms. The largest absolute Gasteiger partial charge is 0.0987 e. The maximum Gasteiger partial charge on any atom is 0.0158 e. The summed E-state index contributed by atoms with van der Waals surface area (Å²) in [5.74, 6) is 0. The summed E-state index contributed by atoms with van der Waals surface area (Å²) >= 11 is 0. The summed E-state index contributed by atoms with van der Waals surface area (Å²) < 4.78 is 0. The molecule has 0 saturated carbocycles. The Morgan fingerprint density at radius 1 is 1.16 bits per heavy atom. The quantitative estimate of drug-likeness (QED) is 0.623. The molecule has 0 heteroatoms. The van der Waals surface area contributed by atoms with Crippen molar-refractivity contribution in [2.45, 2.75) is 47.0 Å². The first-order chi connectivity index (χ1) is 9.02. The Morgan fingerprint density at radius 3 is 2.32 bits per heavy atom. The van der Waals surface area contributed by atoms with E-state index in [1.54, 1.807) is 0 Å². The van der Waals surface area contributed by atoms with Crippen molar-refractivity contribution in [2.75, 3.05) is 0 Å². The van der Waals surface area contributed by atoms with E-state index in [2.05, 4.69) is 64.6 Å². The van der Waals surface area contributed by atoms with Crippen LogP contribution in [0.15, 0.2) is 48.6 Å². The normalized spacial score (nSPS) is 16.1. The Balaban J connectivity index is 0.000000861. The van der Waals surface area contributed by atoms with Crippen LogP contribution in [-0.4, -0.2) is 0 Å². The van der Waals surface area contributed by atoms with Gasteiger partial charge in [-0.15, -0.1) is 0 Å². The molecular weight excluding hydrogens is 228 g/mol. The first-order valence-corrected chi connectivity index (χ1v) is 7.13. The highest BCUT2D eigenvalue weighted by Gasteiger charge is 2.34. The van der Waals surface area contributed by atoms with Gasteiger partial charge in [0.15, 0.2) is 0 Å². The Morgan fingerprint density at radius 2 is 1.79 bits per heavy atom. The average molecular weight is 254 g/mol. The van der Waals surface area contributed by atoms with Gasteiger partial charge in [-0.3, -0.25) is 0 Å². The van der Waals surface area contributed by atoms with E-state index in [-0.39, 0.29) is 5.41 Å². The van der Waals surface area contributed by atoms with Crippen molar-refractivity contribution in [1.82, 2.24) is 0 Å². The molecule has 0 radical (unpaired) electrons. The van der Waals surface area contributed by atoms with Gasteiger partial charge >= 0.3 is 0 Å². The van der Waals surface area contributed by atoms with Crippen LogP contribution in [0.4, 0.5) is 0 Å². The topological polar surface area (TPSA) is 0 Å². The lowest BCUT2D eigenvalue weighted by molar-refractivity contribution is 0.654. The fourth-order valence-electron chi connectivity index (χ4n) is 2.75. The number of hydrogen-bond acceptors (Lipinski definition) is 0. The van der Waals surface area contributed by atoms with Gasteiger partial charge in [0.2, 0.25) is 0 Å². The summed E-state index contributed by atoms with van der Waals surface area (Å²) in [6.07, 6.45) is 6.30. The lowest BCUT2D eigenvalue weighted by Gasteiger charge is -2.22. The van der Waals surface area contributed by atoms with E-state index in [9.17, 15) is 0 Å². The number of fused-ring (bicyclic) bond motifs is 1. The summed E-state index contributed by atoms with van der Waals surface area (Å²) in [5, 5.41) is 0. The second kappa shape index (κ2) is 6.06. The summed E-state index contributed by atoms with van der Waals surface area (Å²) in [7, 11) is 0. The molecule has 19 heavy (non-hydrogen) atoms. The van der Waals surface area contributed by atoms with Gasteiger partial charge in [0.25, 0.3) is 0 Å². The van der Waals surface area contributed by atoms with Crippen molar-refractivity contribution in [3.8, 4) is 0 Å². The van der Waals surface area contributed by atoms with Crippen LogP contribution in [0.3, 0.4) is 0 Å². The summed E-state index contributed by atoms with van der Waals surface area (Å²) in [6, 6.07) is 6.72. The SMILES string of the molecule is C=CC1=C(/C=C\C)c2ccc(C)cc2C1(C)C.CC. The summed E-state index contributed by atoms with van der Waals surface area (Å²) in [4.78, 5) is 0. The Hall–Kier alpha value is -1.56. The molecule has 0 spiro atoms. The van der Waals surface area contributed by atoms with Gasteiger partial charge in [0, 0.05) is 5.41 Å². The maximum absolute atomic E-state index is 3.98. The van der Waals surface area contributed by atoms with Crippen molar-refractivity contribution in [3.05, 3.63) is 65.3 Å². The molecule has 0 heterocycles. The first-order valence-electron chi connectivity index (χ1n) is 7.13. The molecule has 0 N–H and O–H groups in total. The van der Waals surface area contributed by atoms with Crippen LogP contribution in [0.2, 0.25) is 0 Å². The van der Waals surface area contributed by atoms with Crippen LogP contribution in [0, 0.1) is 6.92 Å². The highest BCUT2D eigenvalue weighted by atomic mass is 14.4. The van der Waals surface area contributed by atoms with E-state index in [0.717, 1.165) is 0 Å². The van der Waals surface area contributed by atoms with Gasteiger partial charge in [-0.1, -0.05) is 76.3 Å². The van der Waals surface area contributed by atoms with Crippen LogP contribution in [0.25, 0.3) is 5.57 Å². The Kier molecular flexibility index (Phi) is 4.94. The molecular formula is C19H26. The number of benzene rings is 1. The van der Waals surface area contributed by atoms with Crippen molar-refractivity contribution in [2.24, 2.45) is 0 Å². The van der Waals surface area contributed by atoms with Gasteiger partial charge in [0.1, 0.15) is 0 Å². The molecule has 0 fully saturated rings. The molecule has 0 aliphatic heterocycles. The van der Waals surface area contributed by atoms with Gasteiger partial charge < -0.3 is 0 Å². The van der Waals surface area contributed by atoms with E-state index in [1.807, 2.05) is 19.9 Å². The third-order valence-corrected chi connectivity index (χ3v) is 3.64. The van der Waals surface area contributed by atoms with Crippen molar-refractivity contribution < 1.29 is 0 Å². The molecule has 0 saturated heterocycles. The van der Waals surface area contributed by atoms with E-state index < -0.39 is 0 Å². The molecule has 1 aromatic carbocycles. The van der Waals surface area contributed by atoms with Crippen molar-refractivity contribution in [1.29, 1.82) is 0 Å². The molecule has 0 nitrogen and oxygen atoms in total. The van der Waals surface area contributed by atoms with E-state index in [1.165, 1.54) is 27.8 Å². The third kappa shape index (κ3) is 2.58. The fraction of sp³-hybridized carbons (Fsp3) is 0.368. The minimum atomic E-state index is 0.0674. The zero-order valence-corrected chi connectivity index (χ0v) is 13.2. The molecule has 0 amide bonds. The van der Waals surface area contributed by atoms with Crippen LogP contribution in [-0.2, 0) is 5.41 Å². The standard InChI is InChI=1S/C17H20.C2H6/c1-6-8-13-14-10-9-12(3)11-16(14)17(4,5)15(13)7-2;1-2/h6-11H,2H2,1,3-5H3;1-2H3/b8-6-;. The third-order valence-electron chi connectivity index (χ3n) is 3.64.